The third-order valence-electron chi connectivity index (χ3n) is 5.11. The van der Waals surface area contributed by atoms with Gasteiger partial charge in [0.05, 0.1) is 34.5 Å². The maximum Gasteiger partial charge on any atom is 0.338 e. The molecule has 0 radical (unpaired) electrons. The minimum atomic E-state index is -0.588. The molecule has 8 nitrogen and oxygen atoms in total. The Morgan fingerprint density at radius 1 is 1.06 bits per heavy atom. The second-order valence-corrected chi connectivity index (χ2v) is 7.45. The number of hydrogen-bond donors (Lipinski definition) is 0. The van der Waals surface area contributed by atoms with Gasteiger partial charge in [-0.1, -0.05) is 12.1 Å². The number of rotatable bonds is 5. The first-order chi connectivity index (χ1) is 14.9. The third kappa shape index (κ3) is 4.58. The molecule has 3 aromatic rings. The lowest BCUT2D eigenvalue weighted by atomic mass is 10.2. The molecule has 1 aromatic heterocycles. The number of benzene rings is 2. The summed E-state index contributed by atoms with van der Waals surface area (Å²) in [6.45, 7) is 4.03. The van der Waals surface area contributed by atoms with E-state index in [9.17, 15) is 9.59 Å². The fourth-order valence-corrected chi connectivity index (χ4v) is 3.24. The predicted octanol–water partition coefficient (Wildman–Crippen LogP) is 2.70. The molecule has 0 saturated heterocycles. The molecule has 160 valence electrons. The molecule has 4 rings (SSSR count). The van der Waals surface area contributed by atoms with Gasteiger partial charge in [-0.2, -0.15) is 0 Å². The molecule has 1 atom stereocenters. The van der Waals surface area contributed by atoms with Crippen LogP contribution < -0.4 is 9.47 Å². The van der Waals surface area contributed by atoms with Gasteiger partial charge in [0.25, 0.3) is 5.91 Å². The van der Waals surface area contributed by atoms with Gasteiger partial charge in [0.1, 0.15) is 6.61 Å². The van der Waals surface area contributed by atoms with E-state index in [4.69, 9.17) is 14.2 Å². The van der Waals surface area contributed by atoms with Gasteiger partial charge < -0.3 is 19.1 Å². The lowest BCUT2D eigenvalue weighted by molar-refractivity contribution is -0.134. The van der Waals surface area contributed by atoms with E-state index >= 15 is 0 Å². The van der Waals surface area contributed by atoms with Gasteiger partial charge in [-0.05, 0) is 44.2 Å². The van der Waals surface area contributed by atoms with Crippen LogP contribution in [0.2, 0.25) is 0 Å². The van der Waals surface area contributed by atoms with Crippen molar-refractivity contribution in [1.82, 2.24) is 14.9 Å². The first-order valence-corrected chi connectivity index (χ1v) is 9.95. The Balaban J connectivity index is 1.32. The van der Waals surface area contributed by atoms with Gasteiger partial charge in [-0.25, -0.2) is 14.8 Å². The number of carbonyl (C=O) groups excluding carboxylic acids is 2. The molecule has 0 spiro atoms. The van der Waals surface area contributed by atoms with Crippen LogP contribution in [0.3, 0.4) is 0 Å². The van der Waals surface area contributed by atoms with Gasteiger partial charge in [-0.15, -0.1) is 0 Å². The molecule has 0 fully saturated rings. The summed E-state index contributed by atoms with van der Waals surface area (Å²) in [6.07, 6.45) is -0.301. The Hall–Kier alpha value is -3.68. The highest BCUT2D eigenvalue weighted by molar-refractivity contribution is 5.94. The predicted molar refractivity (Wildman–Crippen MR) is 113 cm³/mol. The zero-order valence-electron chi connectivity index (χ0n) is 17.6. The van der Waals surface area contributed by atoms with Crippen LogP contribution in [0.1, 0.15) is 21.7 Å². The van der Waals surface area contributed by atoms with Crippen molar-refractivity contribution in [2.75, 3.05) is 26.8 Å². The van der Waals surface area contributed by atoms with E-state index in [0.717, 1.165) is 11.4 Å². The maximum atomic E-state index is 12.4. The number of ether oxygens (including phenoxy) is 3. The summed E-state index contributed by atoms with van der Waals surface area (Å²) in [4.78, 5) is 35.2. The summed E-state index contributed by atoms with van der Waals surface area (Å²) in [5, 5.41) is 0. The largest absolute Gasteiger partial charge is 0.486 e. The molecular formula is C23H23N3O5. The summed E-state index contributed by atoms with van der Waals surface area (Å²) in [6, 6.07) is 12.3. The summed E-state index contributed by atoms with van der Waals surface area (Å²) >= 11 is 0. The molecule has 2 aromatic carbocycles. The molecule has 31 heavy (non-hydrogen) atoms. The quantitative estimate of drug-likeness (QED) is 0.585. The van der Waals surface area contributed by atoms with Gasteiger partial charge in [0, 0.05) is 7.05 Å². The molecule has 8 heteroatoms. The molecule has 0 unspecified atom stereocenters. The van der Waals surface area contributed by atoms with E-state index in [1.807, 2.05) is 38.1 Å². The van der Waals surface area contributed by atoms with Gasteiger partial charge in [0.2, 0.25) is 0 Å². The number of fused-ring (bicyclic) bond motifs is 2. The molecule has 1 amide bonds. The second kappa shape index (κ2) is 8.59. The van der Waals surface area contributed by atoms with Crippen molar-refractivity contribution in [1.29, 1.82) is 0 Å². The Morgan fingerprint density at radius 3 is 2.55 bits per heavy atom. The highest BCUT2D eigenvalue weighted by Crippen LogP contribution is 2.30. The van der Waals surface area contributed by atoms with Crippen molar-refractivity contribution in [2.45, 2.75) is 20.0 Å². The van der Waals surface area contributed by atoms with Crippen LogP contribution in [-0.2, 0) is 9.53 Å². The number of nitrogens with zero attached hydrogens (tertiary/aromatic N) is 3. The average molecular weight is 421 g/mol. The molecule has 2 heterocycles. The molecule has 0 saturated carbocycles. The number of likely N-dealkylation sites (N-methyl/N-ethyl adjacent to an activating group) is 1. The van der Waals surface area contributed by atoms with Crippen molar-refractivity contribution < 1.29 is 23.8 Å². The van der Waals surface area contributed by atoms with Crippen molar-refractivity contribution in [3.63, 3.8) is 0 Å². The topological polar surface area (TPSA) is 90.9 Å². The van der Waals surface area contributed by atoms with Crippen LogP contribution in [0.4, 0.5) is 0 Å². The molecule has 0 N–H and O–H groups in total. The number of aromatic nitrogens is 2. The van der Waals surface area contributed by atoms with Crippen LogP contribution in [0.15, 0.2) is 42.5 Å². The summed E-state index contributed by atoms with van der Waals surface area (Å²) in [5.74, 6) is 0.417. The number of amides is 1. The fourth-order valence-electron chi connectivity index (χ4n) is 3.24. The normalized spacial score (nSPS) is 14.9. The zero-order chi connectivity index (χ0) is 22.0. The SMILES string of the molecule is Cc1nc2ccc(C(=O)OCC(=O)N(C)C[C@@H]3COc4ccccc4O3)cc2nc1C. The van der Waals surface area contributed by atoms with E-state index in [1.54, 1.807) is 25.2 Å². The Bertz CT molecular complexity index is 1150. The minimum Gasteiger partial charge on any atom is -0.486 e. The first-order valence-electron chi connectivity index (χ1n) is 9.95. The van der Waals surface area contributed by atoms with Crippen molar-refractivity contribution in [3.05, 3.63) is 59.4 Å². The van der Waals surface area contributed by atoms with Crippen LogP contribution in [0, 0.1) is 13.8 Å². The number of esters is 1. The Labute approximate surface area is 179 Å². The average Bonchev–Trinajstić information content (AvgIpc) is 2.77. The van der Waals surface area contributed by atoms with E-state index in [2.05, 4.69) is 9.97 Å². The van der Waals surface area contributed by atoms with Crippen LogP contribution in [0.25, 0.3) is 11.0 Å². The van der Waals surface area contributed by atoms with E-state index in [-0.39, 0.29) is 18.6 Å². The number of carbonyl (C=O) groups is 2. The molecule has 1 aliphatic rings. The molecule has 0 bridgehead atoms. The van der Waals surface area contributed by atoms with Crippen molar-refractivity contribution >= 4 is 22.9 Å². The Kier molecular flexibility index (Phi) is 5.70. The van der Waals surface area contributed by atoms with Crippen molar-refractivity contribution in [3.8, 4) is 11.5 Å². The number of para-hydroxylation sites is 2. The third-order valence-corrected chi connectivity index (χ3v) is 5.11. The lowest BCUT2D eigenvalue weighted by Gasteiger charge is -2.29. The fraction of sp³-hybridized carbons (Fsp3) is 0.304. The van der Waals surface area contributed by atoms with E-state index in [0.29, 0.717) is 41.2 Å². The smallest absolute Gasteiger partial charge is 0.338 e. The van der Waals surface area contributed by atoms with Gasteiger partial charge in [-0.3, -0.25) is 4.79 Å². The van der Waals surface area contributed by atoms with Gasteiger partial charge >= 0.3 is 5.97 Å². The summed E-state index contributed by atoms with van der Waals surface area (Å²) in [5.41, 5.74) is 3.27. The zero-order valence-corrected chi connectivity index (χ0v) is 17.6. The second-order valence-electron chi connectivity index (χ2n) is 7.45. The van der Waals surface area contributed by atoms with Crippen LogP contribution in [-0.4, -0.2) is 59.7 Å². The van der Waals surface area contributed by atoms with E-state index in [1.165, 1.54) is 4.90 Å². The summed E-state index contributed by atoms with van der Waals surface area (Å²) in [7, 11) is 1.64. The number of hydrogen-bond acceptors (Lipinski definition) is 7. The van der Waals surface area contributed by atoms with Gasteiger partial charge in [0.15, 0.2) is 24.2 Å². The lowest BCUT2D eigenvalue weighted by Crippen LogP contribution is -2.43. The van der Waals surface area contributed by atoms with E-state index < -0.39 is 5.97 Å². The minimum absolute atomic E-state index is 0.301. The summed E-state index contributed by atoms with van der Waals surface area (Å²) < 4.78 is 16.7. The van der Waals surface area contributed by atoms with Crippen molar-refractivity contribution in [2.24, 2.45) is 0 Å². The van der Waals surface area contributed by atoms with Crippen LogP contribution in [0.5, 0.6) is 11.5 Å². The van der Waals surface area contributed by atoms with Crippen LogP contribution >= 0.6 is 0 Å². The molecular weight excluding hydrogens is 398 g/mol. The molecule has 0 aliphatic carbocycles. The first kappa shape index (κ1) is 20.6. The monoisotopic (exact) mass is 421 g/mol. The highest BCUT2D eigenvalue weighted by atomic mass is 16.6. The highest BCUT2D eigenvalue weighted by Gasteiger charge is 2.24. The maximum absolute atomic E-state index is 12.4. The number of aryl methyl sites for hydroxylation is 2. The molecule has 1 aliphatic heterocycles. The standard InChI is InChI=1S/C23H23N3O5/c1-14-15(2)25-19-10-16(8-9-18(19)24-14)23(28)30-13-22(27)26(3)11-17-12-29-20-6-4-5-7-21(20)31-17/h4-10,17H,11-13H2,1-3H3/t17-/m1/s1. The Morgan fingerprint density at radius 2 is 1.77 bits per heavy atom.